The third-order valence-corrected chi connectivity index (χ3v) is 6.33. The van der Waals surface area contributed by atoms with Gasteiger partial charge in [0.15, 0.2) is 0 Å². The number of carbonyl (C=O) groups excluding carboxylic acids is 1. The minimum atomic E-state index is -4.71. The number of aromatic nitrogens is 3. The normalized spacial score (nSPS) is 16.8. The van der Waals surface area contributed by atoms with Crippen molar-refractivity contribution in [3.63, 3.8) is 0 Å². The molecule has 1 fully saturated rings. The Morgan fingerprint density at radius 1 is 1.13 bits per heavy atom. The average Bonchev–Trinajstić information content (AvgIpc) is 2.89. The van der Waals surface area contributed by atoms with E-state index >= 15 is 0 Å². The number of piperidine rings is 1. The predicted octanol–water partition coefficient (Wildman–Crippen LogP) is 4.30. The molecule has 0 radical (unpaired) electrons. The Balaban J connectivity index is 1.53. The third kappa shape index (κ3) is 6.70. The molecule has 0 saturated carbocycles. The minimum absolute atomic E-state index is 0.00555. The number of nitrogens with zero attached hydrogens (tertiary/aromatic N) is 4. The van der Waals surface area contributed by atoms with Gasteiger partial charge in [0.2, 0.25) is 5.82 Å². The highest BCUT2D eigenvalue weighted by molar-refractivity contribution is 6.06. The molecule has 38 heavy (non-hydrogen) atoms. The van der Waals surface area contributed by atoms with Crippen LogP contribution in [-0.4, -0.2) is 71.6 Å². The summed E-state index contributed by atoms with van der Waals surface area (Å²) in [6.45, 7) is 1.03. The van der Waals surface area contributed by atoms with Crippen molar-refractivity contribution in [2.45, 2.75) is 31.0 Å². The Bertz CT molecular complexity index is 1250. The molecule has 2 aromatic heterocycles. The second-order valence-electron chi connectivity index (χ2n) is 8.94. The van der Waals surface area contributed by atoms with Crippen LogP contribution in [0.1, 0.15) is 40.6 Å². The fraction of sp³-hybridized carbons (Fsp3) is 0.440. The molecule has 0 bridgehead atoms. The highest BCUT2D eigenvalue weighted by Crippen LogP contribution is 2.33. The van der Waals surface area contributed by atoms with Crippen LogP contribution >= 0.6 is 0 Å². The van der Waals surface area contributed by atoms with Gasteiger partial charge in [-0.1, -0.05) is 6.07 Å². The van der Waals surface area contributed by atoms with E-state index in [0.29, 0.717) is 35.4 Å². The number of pyridine rings is 1. The Kier molecular flexibility index (Phi) is 8.36. The third-order valence-electron chi connectivity index (χ3n) is 6.33. The molecule has 3 heterocycles. The van der Waals surface area contributed by atoms with E-state index in [-0.39, 0.29) is 25.2 Å². The molecule has 1 saturated heterocycles. The molecular formula is C25H27F5N6O2. The summed E-state index contributed by atoms with van der Waals surface area (Å²) in [7, 11) is 1.59. The number of halogens is 5. The van der Waals surface area contributed by atoms with Gasteiger partial charge in [-0.3, -0.25) is 9.69 Å². The number of anilines is 1. The molecule has 13 heteroatoms. The lowest BCUT2D eigenvalue weighted by molar-refractivity contribution is -0.145. The van der Waals surface area contributed by atoms with Crippen molar-refractivity contribution in [1.29, 1.82) is 0 Å². The summed E-state index contributed by atoms with van der Waals surface area (Å²) in [6, 6.07) is 7.91. The summed E-state index contributed by atoms with van der Waals surface area (Å²) in [5.41, 5.74) is 1.23. The second kappa shape index (κ2) is 11.5. The molecule has 1 aliphatic rings. The molecule has 3 aromatic rings. The maximum Gasteiger partial charge on any atom is 0.451 e. The number of amides is 1. The second-order valence-corrected chi connectivity index (χ2v) is 8.94. The summed E-state index contributed by atoms with van der Waals surface area (Å²) >= 11 is 0. The van der Waals surface area contributed by atoms with Crippen LogP contribution in [0.2, 0.25) is 0 Å². The topological polar surface area (TPSA) is 92.3 Å². The first-order valence-electron chi connectivity index (χ1n) is 12.0. The van der Waals surface area contributed by atoms with Crippen molar-refractivity contribution >= 4 is 22.6 Å². The van der Waals surface area contributed by atoms with Crippen LogP contribution in [0, 0.1) is 0 Å². The van der Waals surface area contributed by atoms with Crippen LogP contribution < -0.4 is 10.6 Å². The lowest BCUT2D eigenvalue weighted by atomic mass is 10.0. The number of rotatable bonds is 9. The smallest absolute Gasteiger partial charge is 0.383 e. The Morgan fingerprint density at radius 3 is 2.50 bits per heavy atom. The fourth-order valence-electron chi connectivity index (χ4n) is 4.29. The van der Waals surface area contributed by atoms with Crippen LogP contribution in [0.3, 0.4) is 0 Å². The Labute approximate surface area is 215 Å². The summed E-state index contributed by atoms with van der Waals surface area (Å²) in [5, 5.41) is 6.53. The molecule has 4 rings (SSSR count). The van der Waals surface area contributed by atoms with Gasteiger partial charge in [0.1, 0.15) is 5.82 Å². The van der Waals surface area contributed by atoms with E-state index in [9.17, 15) is 26.7 Å². The van der Waals surface area contributed by atoms with Crippen molar-refractivity contribution in [2.24, 2.45) is 0 Å². The van der Waals surface area contributed by atoms with E-state index in [1.54, 1.807) is 42.3 Å². The molecule has 1 aliphatic heterocycles. The number of benzene rings is 1. The van der Waals surface area contributed by atoms with Crippen molar-refractivity contribution in [3.05, 3.63) is 59.7 Å². The number of carbonyl (C=O) groups is 1. The summed E-state index contributed by atoms with van der Waals surface area (Å²) in [5.74, 6) is -3.92. The van der Waals surface area contributed by atoms with E-state index in [1.165, 1.54) is 0 Å². The van der Waals surface area contributed by atoms with E-state index in [2.05, 4.69) is 25.6 Å². The van der Waals surface area contributed by atoms with Gasteiger partial charge in [0.05, 0.1) is 18.2 Å². The number of nitrogens with one attached hydrogen (secondary N) is 2. The first-order chi connectivity index (χ1) is 18.1. The maximum atomic E-state index is 13.8. The summed E-state index contributed by atoms with van der Waals surface area (Å²) in [6.07, 6.45) is -3.45. The minimum Gasteiger partial charge on any atom is -0.383 e. The van der Waals surface area contributed by atoms with Gasteiger partial charge in [-0.15, -0.1) is 0 Å². The standard InChI is InChI=1S/C25H27F5N6O2/c1-38-12-9-31-21-6-5-17-18(3-2-4-19(17)35-21)22(37)32-15-20(36-10-7-24(26,27)8-11-36)16-13-33-23(34-14-16)25(28,29)30/h2-6,13-14,20H,7-12,15H2,1H3,(H,31,35)(H,32,37). The molecule has 1 unspecified atom stereocenters. The van der Waals surface area contributed by atoms with Crippen LogP contribution in [-0.2, 0) is 10.9 Å². The molecule has 1 aromatic carbocycles. The number of likely N-dealkylation sites (tertiary alicyclic amines) is 1. The highest BCUT2D eigenvalue weighted by atomic mass is 19.4. The number of alkyl halides is 5. The first-order valence-corrected chi connectivity index (χ1v) is 12.0. The Morgan fingerprint density at radius 2 is 1.84 bits per heavy atom. The number of methoxy groups -OCH3 is 1. The molecule has 0 aliphatic carbocycles. The number of hydrogen-bond acceptors (Lipinski definition) is 7. The van der Waals surface area contributed by atoms with Crippen LogP contribution in [0.15, 0.2) is 42.7 Å². The molecule has 1 amide bonds. The van der Waals surface area contributed by atoms with E-state index in [4.69, 9.17) is 4.74 Å². The van der Waals surface area contributed by atoms with Crippen LogP contribution in [0.4, 0.5) is 27.8 Å². The SMILES string of the molecule is COCCNc1ccc2c(C(=O)NCC(c3cnc(C(F)(F)F)nc3)N3CCC(F)(F)CC3)cccc2n1. The van der Waals surface area contributed by atoms with Gasteiger partial charge in [-0.25, -0.2) is 23.7 Å². The molecule has 2 N–H and O–H groups in total. The van der Waals surface area contributed by atoms with Gasteiger partial charge >= 0.3 is 6.18 Å². The van der Waals surface area contributed by atoms with Crippen molar-refractivity contribution < 1.29 is 31.5 Å². The zero-order chi connectivity index (χ0) is 27.3. The first kappa shape index (κ1) is 27.6. The number of hydrogen-bond donors (Lipinski definition) is 2. The van der Waals surface area contributed by atoms with Gasteiger partial charge in [-0.2, -0.15) is 13.2 Å². The molecule has 0 spiro atoms. The monoisotopic (exact) mass is 538 g/mol. The average molecular weight is 539 g/mol. The van der Waals surface area contributed by atoms with Gasteiger partial charge in [-0.05, 0) is 24.3 Å². The van der Waals surface area contributed by atoms with Crippen molar-refractivity contribution in [2.75, 3.05) is 45.2 Å². The fourth-order valence-corrected chi connectivity index (χ4v) is 4.29. The lowest BCUT2D eigenvalue weighted by Gasteiger charge is -2.37. The van der Waals surface area contributed by atoms with E-state index in [0.717, 1.165) is 12.4 Å². The molecule has 1 atom stereocenters. The van der Waals surface area contributed by atoms with Crippen LogP contribution in [0.5, 0.6) is 0 Å². The largest absolute Gasteiger partial charge is 0.451 e. The zero-order valence-electron chi connectivity index (χ0n) is 20.6. The van der Waals surface area contributed by atoms with Crippen molar-refractivity contribution in [1.82, 2.24) is 25.2 Å². The van der Waals surface area contributed by atoms with E-state index < -0.39 is 42.7 Å². The molecule has 8 nitrogen and oxygen atoms in total. The number of fused-ring (bicyclic) bond motifs is 1. The number of ether oxygens (including phenoxy) is 1. The summed E-state index contributed by atoms with van der Waals surface area (Å²) in [4.78, 5) is 26.2. The van der Waals surface area contributed by atoms with Crippen LogP contribution in [0.25, 0.3) is 10.9 Å². The van der Waals surface area contributed by atoms with Crippen molar-refractivity contribution in [3.8, 4) is 0 Å². The Hall–Kier alpha value is -3.45. The molecular weight excluding hydrogens is 511 g/mol. The lowest BCUT2D eigenvalue weighted by Crippen LogP contribution is -2.45. The zero-order valence-corrected chi connectivity index (χ0v) is 20.6. The predicted molar refractivity (Wildman–Crippen MR) is 130 cm³/mol. The van der Waals surface area contributed by atoms with Gasteiger partial charge in [0.25, 0.3) is 11.8 Å². The maximum absolute atomic E-state index is 13.8. The molecule has 204 valence electrons. The van der Waals surface area contributed by atoms with Gasteiger partial charge in [0, 0.05) is 75.0 Å². The van der Waals surface area contributed by atoms with Gasteiger partial charge < -0.3 is 15.4 Å². The van der Waals surface area contributed by atoms with E-state index in [1.807, 2.05) is 0 Å². The highest BCUT2D eigenvalue weighted by Gasteiger charge is 2.38. The quantitative estimate of drug-likeness (QED) is 0.310. The summed E-state index contributed by atoms with van der Waals surface area (Å²) < 4.78 is 71.4.